The Hall–Kier alpha value is -4.24. The SMILES string of the molecule is CN1CCc2ccc(NC(=O)c3cccc(CNC(=O)c4cc(-c5cn[nH]c5)on4)c3)cc2C1. The van der Waals surface area contributed by atoms with E-state index in [9.17, 15) is 9.59 Å². The first-order valence-corrected chi connectivity index (χ1v) is 11.0. The van der Waals surface area contributed by atoms with Crippen LogP contribution in [0.5, 0.6) is 0 Å². The first-order valence-electron chi connectivity index (χ1n) is 11.0. The van der Waals surface area contributed by atoms with Crippen molar-refractivity contribution in [3.63, 3.8) is 0 Å². The second-order valence-electron chi connectivity index (χ2n) is 8.37. The minimum Gasteiger partial charge on any atom is -0.355 e. The van der Waals surface area contributed by atoms with Gasteiger partial charge in [-0.3, -0.25) is 14.7 Å². The van der Waals surface area contributed by atoms with Gasteiger partial charge < -0.3 is 20.1 Å². The number of anilines is 1. The van der Waals surface area contributed by atoms with E-state index in [4.69, 9.17) is 4.52 Å². The van der Waals surface area contributed by atoms with Gasteiger partial charge in [0.25, 0.3) is 11.8 Å². The smallest absolute Gasteiger partial charge is 0.273 e. The zero-order valence-corrected chi connectivity index (χ0v) is 18.7. The highest BCUT2D eigenvalue weighted by molar-refractivity contribution is 6.04. The maximum Gasteiger partial charge on any atom is 0.273 e. The molecule has 9 heteroatoms. The lowest BCUT2D eigenvalue weighted by atomic mass is 9.99. The molecule has 0 radical (unpaired) electrons. The maximum atomic E-state index is 12.8. The minimum atomic E-state index is -0.368. The van der Waals surface area contributed by atoms with Gasteiger partial charge in [-0.15, -0.1) is 0 Å². The van der Waals surface area contributed by atoms with E-state index in [-0.39, 0.29) is 24.1 Å². The Balaban J connectivity index is 1.21. The third-order valence-corrected chi connectivity index (χ3v) is 5.84. The molecule has 0 bridgehead atoms. The maximum absolute atomic E-state index is 12.8. The van der Waals surface area contributed by atoms with Crippen molar-refractivity contribution in [1.29, 1.82) is 0 Å². The monoisotopic (exact) mass is 456 g/mol. The number of aromatic nitrogens is 3. The molecule has 0 unspecified atom stereocenters. The van der Waals surface area contributed by atoms with Crippen molar-refractivity contribution < 1.29 is 14.1 Å². The van der Waals surface area contributed by atoms with Crippen molar-refractivity contribution in [3.05, 3.63) is 88.9 Å². The molecule has 0 saturated heterocycles. The quantitative estimate of drug-likeness (QED) is 0.410. The summed E-state index contributed by atoms with van der Waals surface area (Å²) >= 11 is 0. The van der Waals surface area contributed by atoms with Gasteiger partial charge in [0, 0.05) is 43.1 Å². The standard InChI is InChI=1S/C25H24N6O3/c1-31-8-7-17-5-6-21(10-19(17)15-31)29-24(32)18-4-2-3-16(9-18)12-26-25(33)22-11-23(34-30-22)20-13-27-28-14-20/h2-6,9-11,13-14H,7-8,12,15H2,1H3,(H,26,33)(H,27,28)(H,29,32). The zero-order chi connectivity index (χ0) is 23.5. The number of fused-ring (bicyclic) bond motifs is 1. The summed E-state index contributed by atoms with van der Waals surface area (Å²) in [6.07, 6.45) is 4.26. The van der Waals surface area contributed by atoms with Crippen LogP contribution in [0.15, 0.2) is 65.4 Å². The number of rotatable bonds is 6. The minimum absolute atomic E-state index is 0.170. The van der Waals surface area contributed by atoms with Gasteiger partial charge in [-0.2, -0.15) is 5.10 Å². The number of H-pyrrole nitrogens is 1. The van der Waals surface area contributed by atoms with Crippen molar-refractivity contribution in [3.8, 4) is 11.3 Å². The van der Waals surface area contributed by atoms with Gasteiger partial charge in [0.05, 0.1) is 11.8 Å². The highest BCUT2D eigenvalue weighted by atomic mass is 16.5. The molecular formula is C25H24N6O3. The third-order valence-electron chi connectivity index (χ3n) is 5.84. The van der Waals surface area contributed by atoms with E-state index in [0.29, 0.717) is 16.9 Å². The number of amides is 2. The first kappa shape index (κ1) is 21.6. The predicted octanol–water partition coefficient (Wildman–Crippen LogP) is 3.23. The van der Waals surface area contributed by atoms with Crippen LogP contribution in [0.1, 0.15) is 37.5 Å². The number of likely N-dealkylation sites (N-methyl/N-ethyl adjacent to an activating group) is 1. The fourth-order valence-electron chi connectivity index (χ4n) is 3.98. The normalized spacial score (nSPS) is 13.3. The number of nitrogens with zero attached hydrogens (tertiary/aromatic N) is 3. The van der Waals surface area contributed by atoms with Gasteiger partial charge in [-0.05, 0) is 54.4 Å². The molecule has 0 atom stereocenters. The van der Waals surface area contributed by atoms with Gasteiger partial charge in [0.15, 0.2) is 11.5 Å². The summed E-state index contributed by atoms with van der Waals surface area (Å²) < 4.78 is 5.20. The fourth-order valence-corrected chi connectivity index (χ4v) is 3.98. The summed E-state index contributed by atoms with van der Waals surface area (Å²) in [5.74, 6) is -0.114. The van der Waals surface area contributed by atoms with Crippen LogP contribution in [-0.4, -0.2) is 45.7 Å². The Kier molecular flexibility index (Phi) is 5.92. The van der Waals surface area contributed by atoms with Crippen molar-refractivity contribution in [2.45, 2.75) is 19.5 Å². The van der Waals surface area contributed by atoms with E-state index in [1.165, 1.54) is 11.1 Å². The molecular weight excluding hydrogens is 432 g/mol. The van der Waals surface area contributed by atoms with E-state index in [2.05, 4.69) is 44.0 Å². The van der Waals surface area contributed by atoms with Gasteiger partial charge in [-0.25, -0.2) is 0 Å². The summed E-state index contributed by atoms with van der Waals surface area (Å²) in [6, 6.07) is 14.8. The van der Waals surface area contributed by atoms with Crippen LogP contribution in [0, 0.1) is 0 Å². The van der Waals surface area contributed by atoms with Crippen LogP contribution in [0.4, 0.5) is 5.69 Å². The molecule has 2 amide bonds. The molecule has 172 valence electrons. The molecule has 0 fully saturated rings. The molecule has 34 heavy (non-hydrogen) atoms. The van der Waals surface area contributed by atoms with Crippen molar-refractivity contribution >= 4 is 17.5 Å². The van der Waals surface area contributed by atoms with Crippen LogP contribution in [-0.2, 0) is 19.5 Å². The lowest BCUT2D eigenvalue weighted by Crippen LogP contribution is -2.26. The summed E-state index contributed by atoms with van der Waals surface area (Å²) in [5.41, 5.74) is 5.54. The van der Waals surface area contributed by atoms with E-state index < -0.39 is 0 Å². The lowest BCUT2D eigenvalue weighted by molar-refractivity contribution is 0.0941. The zero-order valence-electron chi connectivity index (χ0n) is 18.7. The van der Waals surface area contributed by atoms with Gasteiger partial charge in [0.1, 0.15) is 0 Å². The van der Waals surface area contributed by atoms with Crippen molar-refractivity contribution in [2.24, 2.45) is 0 Å². The van der Waals surface area contributed by atoms with Crippen LogP contribution in [0.3, 0.4) is 0 Å². The van der Waals surface area contributed by atoms with Crippen LogP contribution < -0.4 is 10.6 Å². The first-order chi connectivity index (χ1) is 16.5. The molecule has 1 aliphatic rings. The molecule has 3 N–H and O–H groups in total. The van der Waals surface area contributed by atoms with Crippen LogP contribution >= 0.6 is 0 Å². The molecule has 9 nitrogen and oxygen atoms in total. The van der Waals surface area contributed by atoms with Crippen molar-refractivity contribution in [1.82, 2.24) is 25.6 Å². The molecule has 2 aromatic heterocycles. The lowest BCUT2D eigenvalue weighted by Gasteiger charge is -2.25. The largest absolute Gasteiger partial charge is 0.355 e. The average molecular weight is 457 g/mol. The number of nitrogens with one attached hydrogen (secondary N) is 3. The third kappa shape index (κ3) is 4.74. The summed E-state index contributed by atoms with van der Waals surface area (Å²) in [5, 5.41) is 16.1. The molecule has 1 aliphatic heterocycles. The Morgan fingerprint density at radius 3 is 2.88 bits per heavy atom. The van der Waals surface area contributed by atoms with Crippen LogP contribution in [0.25, 0.3) is 11.3 Å². The molecule has 0 spiro atoms. The number of carbonyl (C=O) groups is 2. The molecule has 0 saturated carbocycles. The molecule has 2 aromatic carbocycles. The number of carbonyl (C=O) groups excluding carboxylic acids is 2. The van der Waals surface area contributed by atoms with Gasteiger partial charge in [0.2, 0.25) is 0 Å². The Bertz CT molecular complexity index is 1330. The Morgan fingerprint density at radius 1 is 1.12 bits per heavy atom. The summed E-state index contributed by atoms with van der Waals surface area (Å²) in [4.78, 5) is 27.6. The number of aromatic amines is 1. The Morgan fingerprint density at radius 2 is 2.03 bits per heavy atom. The van der Waals surface area contributed by atoms with Crippen LogP contribution in [0.2, 0.25) is 0 Å². The number of benzene rings is 2. The van der Waals surface area contributed by atoms with E-state index in [0.717, 1.165) is 30.8 Å². The molecule has 3 heterocycles. The molecule has 0 aliphatic carbocycles. The van der Waals surface area contributed by atoms with Gasteiger partial charge in [-0.1, -0.05) is 23.4 Å². The Labute approximate surface area is 196 Å². The van der Waals surface area contributed by atoms with E-state index in [1.807, 2.05) is 18.2 Å². The van der Waals surface area contributed by atoms with E-state index in [1.54, 1.807) is 36.7 Å². The highest BCUT2D eigenvalue weighted by Gasteiger charge is 2.16. The van der Waals surface area contributed by atoms with E-state index >= 15 is 0 Å². The second kappa shape index (κ2) is 9.32. The average Bonchev–Trinajstić information content (AvgIpc) is 3.55. The molecule has 4 aromatic rings. The summed E-state index contributed by atoms with van der Waals surface area (Å²) in [7, 11) is 2.10. The topological polar surface area (TPSA) is 116 Å². The van der Waals surface area contributed by atoms with Gasteiger partial charge >= 0.3 is 0 Å². The highest BCUT2D eigenvalue weighted by Crippen LogP contribution is 2.22. The number of hydrogen-bond donors (Lipinski definition) is 3. The molecule has 5 rings (SSSR count). The number of hydrogen-bond acceptors (Lipinski definition) is 6. The van der Waals surface area contributed by atoms with Crippen molar-refractivity contribution in [2.75, 3.05) is 18.9 Å². The second-order valence-corrected chi connectivity index (χ2v) is 8.37. The summed E-state index contributed by atoms with van der Waals surface area (Å²) in [6.45, 7) is 2.17. The fraction of sp³-hybridized carbons (Fsp3) is 0.200. The predicted molar refractivity (Wildman–Crippen MR) is 126 cm³/mol.